The molecular weight excluding hydrogens is 461 g/mol. The Morgan fingerprint density at radius 1 is 1.29 bits per heavy atom. The molecule has 2 fully saturated rings. The average Bonchev–Trinajstić information content (AvgIpc) is 2.77. The number of phenols is 1. The van der Waals surface area contributed by atoms with E-state index in [1.54, 1.807) is 25.1 Å². The van der Waals surface area contributed by atoms with Crippen LogP contribution in [0.4, 0.5) is 10.1 Å². The van der Waals surface area contributed by atoms with Crippen molar-refractivity contribution >= 4 is 28.9 Å². The third kappa shape index (κ3) is 3.69. The second-order valence-corrected chi connectivity index (χ2v) is 9.76. The summed E-state index contributed by atoms with van der Waals surface area (Å²) < 4.78 is 12.6. The number of phenolic OH excluding ortho intramolecular Hbond substituents is 1. The SMILES string of the molecule is CN(C)c1cc(CNCCF)c(O)c2c1C[C@H]1C[C@H]3CC(O)C(C(N)=O)C(=O)[C@@]3(O)C(=O)C1=C2O. The van der Waals surface area contributed by atoms with Crippen molar-refractivity contribution in [2.75, 3.05) is 32.2 Å². The predicted octanol–water partition coefficient (Wildman–Crippen LogP) is -0.286. The summed E-state index contributed by atoms with van der Waals surface area (Å²) in [6, 6.07) is 1.73. The van der Waals surface area contributed by atoms with Gasteiger partial charge in [-0.05, 0) is 36.8 Å². The van der Waals surface area contributed by atoms with Crippen LogP contribution in [0.2, 0.25) is 0 Å². The zero-order valence-electron chi connectivity index (χ0n) is 19.5. The summed E-state index contributed by atoms with van der Waals surface area (Å²) in [6.45, 7) is -0.441. The van der Waals surface area contributed by atoms with E-state index in [0.717, 1.165) is 0 Å². The van der Waals surface area contributed by atoms with Crippen LogP contribution in [0.25, 0.3) is 5.76 Å². The fourth-order valence-electron chi connectivity index (χ4n) is 5.85. The van der Waals surface area contributed by atoms with Gasteiger partial charge in [0.25, 0.3) is 0 Å². The lowest BCUT2D eigenvalue weighted by Crippen LogP contribution is -2.66. The van der Waals surface area contributed by atoms with E-state index in [2.05, 4.69) is 5.32 Å². The molecule has 0 saturated heterocycles. The topological polar surface area (TPSA) is 173 Å². The van der Waals surface area contributed by atoms with Gasteiger partial charge >= 0.3 is 0 Å². The number of amides is 1. The van der Waals surface area contributed by atoms with Crippen LogP contribution in [-0.4, -0.2) is 76.9 Å². The Hall–Kier alpha value is -3.02. The zero-order chi connectivity index (χ0) is 25.8. The molecule has 35 heavy (non-hydrogen) atoms. The highest BCUT2D eigenvalue weighted by Crippen LogP contribution is 2.53. The summed E-state index contributed by atoms with van der Waals surface area (Å²) in [5.41, 5.74) is 4.11. The highest BCUT2D eigenvalue weighted by Gasteiger charge is 2.64. The smallest absolute Gasteiger partial charge is 0.230 e. The van der Waals surface area contributed by atoms with Crippen molar-refractivity contribution in [3.63, 3.8) is 0 Å². The molecule has 0 aliphatic heterocycles. The number of Topliss-reactive ketones (excluding diaryl/α,β-unsaturated/α-hetero) is 2. The number of aromatic hydroxyl groups is 1. The summed E-state index contributed by atoms with van der Waals surface area (Å²) in [6.07, 6.45) is -1.27. The highest BCUT2D eigenvalue weighted by molar-refractivity contribution is 6.24. The van der Waals surface area contributed by atoms with Crippen molar-refractivity contribution in [1.82, 2.24) is 5.32 Å². The highest BCUT2D eigenvalue weighted by atomic mass is 19.1. The monoisotopic (exact) mass is 491 g/mol. The van der Waals surface area contributed by atoms with E-state index < -0.39 is 59.4 Å². The van der Waals surface area contributed by atoms with Crippen LogP contribution in [0.15, 0.2) is 11.6 Å². The van der Waals surface area contributed by atoms with Crippen molar-refractivity contribution in [2.45, 2.75) is 37.5 Å². The zero-order valence-corrected chi connectivity index (χ0v) is 19.5. The Kier molecular flexibility index (Phi) is 6.37. The first-order valence-electron chi connectivity index (χ1n) is 11.5. The number of ketones is 2. The van der Waals surface area contributed by atoms with Gasteiger partial charge in [0.1, 0.15) is 24.1 Å². The first-order chi connectivity index (χ1) is 16.4. The summed E-state index contributed by atoms with van der Waals surface area (Å²) in [7, 11) is 3.57. The molecule has 3 aliphatic carbocycles. The van der Waals surface area contributed by atoms with E-state index >= 15 is 0 Å². The van der Waals surface area contributed by atoms with Crippen LogP contribution in [0.5, 0.6) is 5.75 Å². The summed E-state index contributed by atoms with van der Waals surface area (Å²) in [4.78, 5) is 40.2. The number of aliphatic hydroxyl groups excluding tert-OH is 2. The minimum Gasteiger partial charge on any atom is -0.507 e. The number of alkyl halides is 1. The molecule has 0 heterocycles. The Labute approximate surface area is 201 Å². The van der Waals surface area contributed by atoms with E-state index in [1.165, 1.54) is 0 Å². The van der Waals surface area contributed by atoms with Gasteiger partial charge in [0.05, 0.1) is 11.7 Å². The predicted molar refractivity (Wildman–Crippen MR) is 123 cm³/mol. The van der Waals surface area contributed by atoms with Crippen LogP contribution in [-0.2, 0) is 27.3 Å². The maximum atomic E-state index is 13.6. The molecule has 1 amide bonds. The second-order valence-electron chi connectivity index (χ2n) is 9.76. The lowest BCUT2D eigenvalue weighted by Gasteiger charge is -2.48. The van der Waals surface area contributed by atoms with Crippen LogP contribution >= 0.6 is 0 Å². The molecule has 2 saturated carbocycles. The lowest BCUT2D eigenvalue weighted by atomic mass is 9.56. The third-order valence-corrected chi connectivity index (χ3v) is 7.51. The molecule has 1 aromatic carbocycles. The standard InChI is InChI=1S/C24H30FN3O7/c1-28(2)14-7-11(9-27-4-3-25)19(30)17-13(14)6-10-5-12-8-15(29)18(23(26)34)22(33)24(12,35)21(32)16(10)20(17)31/h7,10,12,15,18,27,29-31,35H,3-6,8-9H2,1-2H3,(H2,26,34)/t10-,12+,15?,18?,24+/m1/s1. The number of halogens is 1. The number of carbonyl (C=O) groups is 3. The minimum atomic E-state index is -2.61. The van der Waals surface area contributed by atoms with Crippen molar-refractivity contribution in [3.05, 3.63) is 28.3 Å². The fraction of sp³-hybridized carbons (Fsp3) is 0.542. The quantitative estimate of drug-likeness (QED) is 0.231. The molecule has 10 nitrogen and oxygen atoms in total. The van der Waals surface area contributed by atoms with Crippen molar-refractivity contribution in [1.29, 1.82) is 0 Å². The maximum absolute atomic E-state index is 13.6. The number of carbonyl (C=O) groups excluding carboxylic acids is 3. The number of rotatable bonds is 6. The van der Waals surface area contributed by atoms with Crippen LogP contribution < -0.4 is 16.0 Å². The number of benzene rings is 1. The molecule has 0 radical (unpaired) electrons. The second kappa shape index (κ2) is 8.89. The van der Waals surface area contributed by atoms with Gasteiger partial charge in [0, 0.05) is 49.9 Å². The summed E-state index contributed by atoms with van der Waals surface area (Å²) >= 11 is 0. The molecule has 0 aromatic heterocycles. The van der Waals surface area contributed by atoms with E-state index in [-0.39, 0.29) is 49.2 Å². The van der Waals surface area contributed by atoms with Gasteiger partial charge in [-0.3, -0.25) is 14.4 Å². The van der Waals surface area contributed by atoms with Gasteiger partial charge in [-0.2, -0.15) is 0 Å². The molecule has 11 heteroatoms. The van der Waals surface area contributed by atoms with E-state index in [1.807, 2.05) is 0 Å². The van der Waals surface area contributed by atoms with Crippen LogP contribution in [0.3, 0.4) is 0 Å². The minimum absolute atomic E-state index is 0.0182. The number of aliphatic hydroxyl groups is 3. The summed E-state index contributed by atoms with van der Waals surface area (Å²) in [5, 5.41) is 46.8. The molecule has 4 rings (SSSR count). The van der Waals surface area contributed by atoms with Gasteiger partial charge in [0.15, 0.2) is 11.4 Å². The number of nitrogens with zero attached hydrogens (tertiary/aromatic N) is 1. The van der Waals surface area contributed by atoms with Crippen molar-refractivity contribution in [2.24, 2.45) is 23.5 Å². The molecule has 1 aromatic rings. The van der Waals surface area contributed by atoms with Gasteiger partial charge in [-0.15, -0.1) is 0 Å². The van der Waals surface area contributed by atoms with Gasteiger partial charge in [0.2, 0.25) is 11.7 Å². The number of anilines is 1. The normalized spacial score (nSPS) is 30.0. The first-order valence-corrected chi connectivity index (χ1v) is 11.5. The Balaban J connectivity index is 1.86. The van der Waals surface area contributed by atoms with Crippen molar-refractivity contribution < 1.29 is 39.2 Å². The molecular formula is C24H30FN3O7. The fourth-order valence-corrected chi connectivity index (χ4v) is 5.85. The molecule has 3 aliphatic rings. The third-order valence-electron chi connectivity index (χ3n) is 7.51. The van der Waals surface area contributed by atoms with Gasteiger partial charge in [-0.25, -0.2) is 4.39 Å². The first kappa shape index (κ1) is 25.1. The molecule has 7 N–H and O–H groups in total. The average molecular weight is 492 g/mol. The Morgan fingerprint density at radius 2 is 1.97 bits per heavy atom. The van der Waals surface area contributed by atoms with Crippen LogP contribution in [0.1, 0.15) is 29.5 Å². The van der Waals surface area contributed by atoms with Gasteiger partial charge in [-0.1, -0.05) is 0 Å². The number of hydrogen-bond acceptors (Lipinski definition) is 9. The largest absolute Gasteiger partial charge is 0.507 e. The molecule has 5 atom stereocenters. The van der Waals surface area contributed by atoms with Crippen LogP contribution in [0, 0.1) is 17.8 Å². The molecule has 0 spiro atoms. The Bertz CT molecular complexity index is 1130. The summed E-state index contributed by atoms with van der Waals surface area (Å²) in [5.74, 6) is -7.48. The lowest BCUT2D eigenvalue weighted by molar-refractivity contribution is -0.174. The molecule has 2 unspecified atom stereocenters. The van der Waals surface area contributed by atoms with E-state index in [4.69, 9.17) is 5.73 Å². The number of primary amides is 1. The van der Waals surface area contributed by atoms with E-state index in [0.29, 0.717) is 16.8 Å². The van der Waals surface area contributed by atoms with Crippen molar-refractivity contribution in [3.8, 4) is 5.75 Å². The number of nitrogens with one attached hydrogen (secondary N) is 1. The molecule has 190 valence electrons. The number of fused-ring (bicyclic) bond motifs is 3. The van der Waals surface area contributed by atoms with E-state index in [9.17, 15) is 39.2 Å². The van der Waals surface area contributed by atoms with Gasteiger partial charge < -0.3 is 36.4 Å². The molecule has 0 bridgehead atoms. The Morgan fingerprint density at radius 3 is 2.57 bits per heavy atom. The maximum Gasteiger partial charge on any atom is 0.230 e. The number of hydrogen-bond donors (Lipinski definition) is 6. The number of nitrogens with two attached hydrogens (primary N) is 1.